The summed E-state index contributed by atoms with van der Waals surface area (Å²) < 4.78 is 11.8. The van der Waals surface area contributed by atoms with E-state index in [2.05, 4.69) is 4.98 Å². The Morgan fingerprint density at radius 2 is 1.81 bits per heavy atom. The predicted molar refractivity (Wildman–Crippen MR) is 85.4 cm³/mol. The van der Waals surface area contributed by atoms with Crippen molar-refractivity contribution in [2.45, 2.75) is 38.9 Å². The molecule has 0 radical (unpaired) electrons. The molecular formula is C14H18BCl2NO3. The molecule has 0 aliphatic carbocycles. The fraction of sp³-hybridized carbons (Fsp3) is 0.500. The Labute approximate surface area is 135 Å². The molecule has 1 saturated heterocycles. The number of hydrogen-bond acceptors (Lipinski definition) is 4. The number of hydrogen-bond donors (Lipinski definition) is 1. The number of halogens is 2. The van der Waals surface area contributed by atoms with Gasteiger partial charge in [0, 0.05) is 5.56 Å². The average molecular weight is 330 g/mol. The summed E-state index contributed by atoms with van der Waals surface area (Å²) in [5, 5.41) is 10.2. The van der Waals surface area contributed by atoms with Crippen LogP contribution in [0.2, 0.25) is 10.3 Å². The molecule has 0 spiro atoms. The van der Waals surface area contributed by atoms with Gasteiger partial charge in [-0.15, -0.1) is 0 Å². The Kier molecular flexibility index (Phi) is 4.71. The van der Waals surface area contributed by atoms with Gasteiger partial charge in [0.2, 0.25) is 0 Å². The molecule has 114 valence electrons. The zero-order chi connectivity index (χ0) is 15.8. The third kappa shape index (κ3) is 3.43. The summed E-state index contributed by atoms with van der Waals surface area (Å²) in [5.74, 6) is 0. The van der Waals surface area contributed by atoms with Gasteiger partial charge in [0.25, 0.3) is 0 Å². The number of aliphatic hydroxyl groups is 1. The van der Waals surface area contributed by atoms with Crippen molar-refractivity contribution in [1.82, 2.24) is 4.98 Å². The molecule has 21 heavy (non-hydrogen) atoms. The molecule has 7 heteroatoms. The molecule has 0 unspecified atom stereocenters. The minimum Gasteiger partial charge on any atom is -0.400 e. The molecule has 4 nitrogen and oxygen atoms in total. The smallest absolute Gasteiger partial charge is 0.400 e. The van der Waals surface area contributed by atoms with Gasteiger partial charge in [0.15, 0.2) is 0 Å². The van der Waals surface area contributed by atoms with Gasteiger partial charge < -0.3 is 14.4 Å². The highest BCUT2D eigenvalue weighted by molar-refractivity contribution is 6.56. The van der Waals surface area contributed by atoms with Crippen molar-refractivity contribution in [3.8, 4) is 0 Å². The Bertz CT molecular complexity index is 559. The standard InChI is InChI=1S/C14H18BCl2NO3/c1-13(2)14(3,4)21-15(20-13)10(8-19)7-9-5-6-11(16)18-12(9)17/h5-7,19H,8H2,1-4H3. The van der Waals surface area contributed by atoms with Gasteiger partial charge in [0.05, 0.1) is 17.8 Å². The highest BCUT2D eigenvalue weighted by Crippen LogP contribution is 2.38. The lowest BCUT2D eigenvalue weighted by molar-refractivity contribution is 0.00578. The van der Waals surface area contributed by atoms with Crippen LogP contribution in [0.4, 0.5) is 0 Å². The van der Waals surface area contributed by atoms with Crippen molar-refractivity contribution in [1.29, 1.82) is 0 Å². The SMILES string of the molecule is CC1(C)OB(C(=Cc2ccc(Cl)nc2Cl)CO)OC1(C)C. The second-order valence-electron chi connectivity index (χ2n) is 5.98. The van der Waals surface area contributed by atoms with Crippen LogP contribution in [0.3, 0.4) is 0 Å². The zero-order valence-corrected chi connectivity index (χ0v) is 14.0. The lowest BCUT2D eigenvalue weighted by Gasteiger charge is -2.32. The maximum absolute atomic E-state index is 9.62. The first-order chi connectivity index (χ1) is 9.66. The molecule has 1 fully saturated rings. The molecule has 0 saturated carbocycles. The van der Waals surface area contributed by atoms with Gasteiger partial charge in [-0.3, -0.25) is 0 Å². The van der Waals surface area contributed by atoms with Crippen LogP contribution in [-0.2, 0) is 9.31 Å². The van der Waals surface area contributed by atoms with E-state index in [1.54, 1.807) is 18.2 Å². The van der Waals surface area contributed by atoms with Crippen molar-refractivity contribution < 1.29 is 14.4 Å². The van der Waals surface area contributed by atoms with Crippen LogP contribution >= 0.6 is 23.2 Å². The summed E-state index contributed by atoms with van der Waals surface area (Å²) in [4.78, 5) is 3.97. The Morgan fingerprint density at radius 3 is 2.29 bits per heavy atom. The number of aliphatic hydroxyl groups excluding tert-OH is 1. The third-order valence-corrected chi connectivity index (χ3v) is 4.44. The Morgan fingerprint density at radius 1 is 1.24 bits per heavy atom. The lowest BCUT2D eigenvalue weighted by atomic mass is 9.77. The monoisotopic (exact) mass is 329 g/mol. The van der Waals surface area contributed by atoms with E-state index in [4.69, 9.17) is 32.5 Å². The normalized spacial score (nSPS) is 20.9. The first kappa shape index (κ1) is 16.8. The molecule has 1 N–H and O–H groups in total. The molecule has 0 aromatic carbocycles. The largest absolute Gasteiger partial charge is 0.492 e. The quantitative estimate of drug-likeness (QED) is 0.682. The molecule has 0 bridgehead atoms. The molecule has 2 rings (SSSR count). The fourth-order valence-corrected chi connectivity index (χ4v) is 2.31. The van der Waals surface area contributed by atoms with Crippen LogP contribution in [-0.4, -0.2) is 35.0 Å². The van der Waals surface area contributed by atoms with E-state index >= 15 is 0 Å². The van der Waals surface area contributed by atoms with E-state index in [1.807, 2.05) is 27.7 Å². The predicted octanol–water partition coefficient (Wildman–Crippen LogP) is 3.40. The Balaban J connectivity index is 2.31. The molecule has 1 aliphatic rings. The highest BCUT2D eigenvalue weighted by atomic mass is 35.5. The molecule has 0 atom stereocenters. The van der Waals surface area contributed by atoms with Gasteiger partial charge in [-0.2, -0.15) is 0 Å². The number of rotatable bonds is 3. The van der Waals surface area contributed by atoms with Gasteiger partial charge in [-0.1, -0.05) is 29.3 Å². The van der Waals surface area contributed by atoms with Crippen LogP contribution in [0, 0.1) is 0 Å². The van der Waals surface area contributed by atoms with Crippen molar-refractivity contribution in [3.63, 3.8) is 0 Å². The zero-order valence-electron chi connectivity index (χ0n) is 12.5. The van der Waals surface area contributed by atoms with Crippen molar-refractivity contribution in [3.05, 3.63) is 33.5 Å². The minimum atomic E-state index is -0.619. The van der Waals surface area contributed by atoms with Crippen molar-refractivity contribution >= 4 is 36.4 Å². The van der Waals surface area contributed by atoms with E-state index in [0.29, 0.717) is 16.2 Å². The molecule has 1 aromatic heterocycles. The van der Waals surface area contributed by atoms with Gasteiger partial charge >= 0.3 is 7.12 Å². The summed E-state index contributed by atoms with van der Waals surface area (Å²) in [6.45, 7) is 7.63. The summed E-state index contributed by atoms with van der Waals surface area (Å²) in [7, 11) is -0.619. The first-order valence-electron chi connectivity index (χ1n) is 6.65. The van der Waals surface area contributed by atoms with Gasteiger partial charge in [-0.25, -0.2) is 4.98 Å². The first-order valence-corrected chi connectivity index (χ1v) is 7.41. The maximum Gasteiger partial charge on any atom is 0.492 e. The second-order valence-corrected chi connectivity index (χ2v) is 6.72. The Hall–Kier alpha value is -0.585. The third-order valence-electron chi connectivity index (χ3n) is 3.92. The van der Waals surface area contributed by atoms with Crippen LogP contribution in [0.25, 0.3) is 6.08 Å². The molecule has 1 aliphatic heterocycles. The minimum absolute atomic E-state index is 0.199. The summed E-state index contributed by atoms with van der Waals surface area (Å²) in [6, 6.07) is 3.37. The van der Waals surface area contributed by atoms with E-state index in [0.717, 1.165) is 0 Å². The highest BCUT2D eigenvalue weighted by Gasteiger charge is 2.52. The fourth-order valence-electron chi connectivity index (χ4n) is 1.91. The van der Waals surface area contributed by atoms with E-state index in [1.165, 1.54) is 0 Å². The van der Waals surface area contributed by atoms with Gasteiger partial charge in [-0.05, 0) is 45.3 Å². The van der Waals surface area contributed by atoms with Crippen LogP contribution in [0.1, 0.15) is 33.3 Å². The maximum atomic E-state index is 9.62. The number of pyridine rings is 1. The molecule has 2 heterocycles. The average Bonchev–Trinajstić information content (AvgIpc) is 2.57. The summed E-state index contributed by atoms with van der Waals surface area (Å²) in [5.41, 5.74) is 0.307. The van der Waals surface area contributed by atoms with Crippen molar-refractivity contribution in [2.75, 3.05) is 6.61 Å². The second kappa shape index (κ2) is 5.90. The molecule has 0 amide bonds. The topological polar surface area (TPSA) is 51.6 Å². The number of aromatic nitrogens is 1. The van der Waals surface area contributed by atoms with Crippen molar-refractivity contribution in [2.24, 2.45) is 0 Å². The summed E-state index contributed by atoms with van der Waals surface area (Å²) >= 11 is 11.8. The van der Waals surface area contributed by atoms with Crippen LogP contribution in [0.5, 0.6) is 0 Å². The van der Waals surface area contributed by atoms with E-state index in [-0.39, 0.29) is 11.8 Å². The molecular weight excluding hydrogens is 312 g/mol. The molecule has 1 aromatic rings. The summed E-state index contributed by atoms with van der Waals surface area (Å²) in [6.07, 6.45) is 1.72. The van der Waals surface area contributed by atoms with E-state index in [9.17, 15) is 5.11 Å². The number of nitrogens with zero attached hydrogens (tertiary/aromatic N) is 1. The van der Waals surface area contributed by atoms with E-state index < -0.39 is 18.3 Å². The van der Waals surface area contributed by atoms with Crippen LogP contribution in [0.15, 0.2) is 17.6 Å². The van der Waals surface area contributed by atoms with Crippen LogP contribution < -0.4 is 0 Å². The van der Waals surface area contributed by atoms with Gasteiger partial charge in [0.1, 0.15) is 10.3 Å². The lowest BCUT2D eigenvalue weighted by Crippen LogP contribution is -2.41.